The summed E-state index contributed by atoms with van der Waals surface area (Å²) in [5, 5.41) is 6.30. The largest absolute Gasteiger partial charge is 0.370 e. The Morgan fingerprint density at radius 3 is 2.74 bits per heavy atom. The van der Waals surface area contributed by atoms with Crippen molar-refractivity contribution in [2.24, 2.45) is 5.92 Å². The zero-order valence-corrected chi connectivity index (χ0v) is 13.9. The minimum absolute atomic E-state index is 0.237. The van der Waals surface area contributed by atoms with E-state index in [0.717, 1.165) is 63.4 Å². The number of amides is 1. The quantitative estimate of drug-likeness (QED) is 0.806. The van der Waals surface area contributed by atoms with E-state index in [1.54, 1.807) is 6.33 Å². The molecule has 1 saturated carbocycles. The highest BCUT2D eigenvalue weighted by Gasteiger charge is 2.24. The first-order valence-corrected chi connectivity index (χ1v) is 8.85. The highest BCUT2D eigenvalue weighted by Crippen LogP contribution is 2.26. The number of anilines is 2. The molecule has 1 saturated heterocycles. The molecule has 0 atom stereocenters. The van der Waals surface area contributed by atoms with Gasteiger partial charge in [-0.15, -0.1) is 0 Å². The monoisotopic (exact) mass is 317 g/mol. The van der Waals surface area contributed by atoms with Crippen LogP contribution in [-0.4, -0.2) is 41.6 Å². The Labute approximate surface area is 138 Å². The molecule has 6 nitrogen and oxygen atoms in total. The predicted octanol–water partition coefficient (Wildman–Crippen LogP) is 2.18. The molecule has 0 unspecified atom stereocenters. The summed E-state index contributed by atoms with van der Waals surface area (Å²) >= 11 is 0. The summed E-state index contributed by atoms with van der Waals surface area (Å²) in [5.74, 6) is 2.78. The van der Waals surface area contributed by atoms with Crippen LogP contribution in [0.15, 0.2) is 12.4 Å². The number of carbonyl (C=O) groups excluding carboxylic acids is 1. The van der Waals surface area contributed by atoms with Gasteiger partial charge in [-0.2, -0.15) is 0 Å². The van der Waals surface area contributed by atoms with Crippen molar-refractivity contribution in [3.8, 4) is 0 Å². The number of piperidine rings is 1. The lowest BCUT2D eigenvalue weighted by molar-refractivity contribution is -0.121. The maximum absolute atomic E-state index is 11.8. The third-order valence-electron chi connectivity index (χ3n) is 4.67. The number of rotatable bonds is 7. The summed E-state index contributed by atoms with van der Waals surface area (Å²) < 4.78 is 0. The van der Waals surface area contributed by atoms with E-state index in [4.69, 9.17) is 0 Å². The van der Waals surface area contributed by atoms with Gasteiger partial charge in [0.1, 0.15) is 18.0 Å². The van der Waals surface area contributed by atoms with Crippen molar-refractivity contribution in [3.63, 3.8) is 0 Å². The van der Waals surface area contributed by atoms with E-state index in [-0.39, 0.29) is 5.91 Å². The Balaban J connectivity index is 1.42. The Morgan fingerprint density at radius 2 is 2.04 bits per heavy atom. The third kappa shape index (κ3) is 4.81. The molecule has 2 aliphatic rings. The molecule has 0 aromatic carbocycles. The summed E-state index contributed by atoms with van der Waals surface area (Å²) in [6.45, 7) is 4.95. The molecule has 1 aliphatic heterocycles. The van der Waals surface area contributed by atoms with Gasteiger partial charge in [-0.25, -0.2) is 9.97 Å². The van der Waals surface area contributed by atoms with E-state index in [2.05, 4.69) is 32.4 Å². The van der Waals surface area contributed by atoms with Gasteiger partial charge >= 0.3 is 0 Å². The average molecular weight is 317 g/mol. The summed E-state index contributed by atoms with van der Waals surface area (Å²) in [6.07, 6.45) is 7.92. The van der Waals surface area contributed by atoms with Gasteiger partial charge in [0.25, 0.3) is 0 Å². The molecule has 6 heteroatoms. The molecule has 0 spiro atoms. The zero-order valence-electron chi connectivity index (χ0n) is 13.9. The van der Waals surface area contributed by atoms with Crippen molar-refractivity contribution in [1.29, 1.82) is 0 Å². The van der Waals surface area contributed by atoms with Gasteiger partial charge < -0.3 is 15.5 Å². The number of hydrogen-bond acceptors (Lipinski definition) is 5. The molecule has 2 N–H and O–H groups in total. The van der Waals surface area contributed by atoms with Crippen LogP contribution in [0.4, 0.5) is 11.6 Å². The van der Waals surface area contributed by atoms with E-state index in [0.29, 0.717) is 18.4 Å². The van der Waals surface area contributed by atoms with Crippen LogP contribution < -0.4 is 15.5 Å². The molecule has 1 aromatic heterocycles. The van der Waals surface area contributed by atoms with Crippen LogP contribution >= 0.6 is 0 Å². The molecule has 1 amide bonds. The van der Waals surface area contributed by atoms with Crippen molar-refractivity contribution in [2.45, 2.75) is 51.5 Å². The molecular weight excluding hydrogens is 290 g/mol. The molecule has 1 aromatic rings. The molecule has 2 heterocycles. The zero-order chi connectivity index (χ0) is 16.1. The molecular formula is C17H27N5O. The topological polar surface area (TPSA) is 70.2 Å². The van der Waals surface area contributed by atoms with Crippen LogP contribution in [0.1, 0.15) is 45.4 Å². The molecule has 126 valence electrons. The fraction of sp³-hybridized carbons (Fsp3) is 0.706. The highest BCUT2D eigenvalue weighted by atomic mass is 16.1. The molecule has 23 heavy (non-hydrogen) atoms. The first-order chi connectivity index (χ1) is 11.2. The second-order valence-corrected chi connectivity index (χ2v) is 6.60. The normalized spacial score (nSPS) is 18.7. The Morgan fingerprint density at radius 1 is 1.26 bits per heavy atom. The average Bonchev–Trinajstić information content (AvgIpc) is 3.38. The van der Waals surface area contributed by atoms with Crippen LogP contribution in [0.3, 0.4) is 0 Å². The highest BCUT2D eigenvalue weighted by molar-refractivity contribution is 5.76. The van der Waals surface area contributed by atoms with Gasteiger partial charge in [-0.05, 0) is 44.9 Å². The summed E-state index contributed by atoms with van der Waals surface area (Å²) in [6, 6.07) is 2.50. The van der Waals surface area contributed by atoms with Crippen LogP contribution in [0.2, 0.25) is 0 Å². The SMILES string of the molecule is CCNc1cc(N2CCC(CCC(=O)NC3CC3)CC2)ncn1. The van der Waals surface area contributed by atoms with Gasteiger partial charge in [0.05, 0.1) is 0 Å². The van der Waals surface area contributed by atoms with Crippen molar-refractivity contribution in [3.05, 3.63) is 12.4 Å². The molecule has 1 aliphatic carbocycles. The first-order valence-electron chi connectivity index (χ1n) is 8.85. The van der Waals surface area contributed by atoms with E-state index >= 15 is 0 Å². The Kier molecular flexibility index (Phi) is 5.31. The van der Waals surface area contributed by atoms with Gasteiger partial charge in [-0.1, -0.05) is 0 Å². The van der Waals surface area contributed by atoms with Crippen molar-refractivity contribution in [1.82, 2.24) is 15.3 Å². The minimum Gasteiger partial charge on any atom is -0.370 e. The predicted molar refractivity (Wildman–Crippen MR) is 91.5 cm³/mol. The second-order valence-electron chi connectivity index (χ2n) is 6.60. The van der Waals surface area contributed by atoms with Gasteiger partial charge in [-0.3, -0.25) is 4.79 Å². The summed E-state index contributed by atoms with van der Waals surface area (Å²) in [4.78, 5) is 22.7. The molecule has 0 bridgehead atoms. The summed E-state index contributed by atoms with van der Waals surface area (Å²) in [7, 11) is 0. The van der Waals surface area contributed by atoms with Crippen LogP contribution in [0.5, 0.6) is 0 Å². The smallest absolute Gasteiger partial charge is 0.220 e. The van der Waals surface area contributed by atoms with Crippen LogP contribution in [0.25, 0.3) is 0 Å². The molecule has 2 fully saturated rings. The number of aromatic nitrogens is 2. The van der Waals surface area contributed by atoms with Crippen LogP contribution in [-0.2, 0) is 4.79 Å². The lowest BCUT2D eigenvalue weighted by atomic mass is 9.92. The number of hydrogen-bond donors (Lipinski definition) is 2. The lowest BCUT2D eigenvalue weighted by Gasteiger charge is -2.32. The fourth-order valence-corrected chi connectivity index (χ4v) is 3.11. The van der Waals surface area contributed by atoms with Crippen molar-refractivity contribution in [2.75, 3.05) is 29.9 Å². The second kappa shape index (κ2) is 7.62. The van der Waals surface area contributed by atoms with Crippen molar-refractivity contribution >= 4 is 17.5 Å². The number of carbonyl (C=O) groups is 1. The fourth-order valence-electron chi connectivity index (χ4n) is 3.11. The minimum atomic E-state index is 0.237. The Bertz CT molecular complexity index is 523. The van der Waals surface area contributed by atoms with E-state index in [1.807, 2.05) is 6.07 Å². The van der Waals surface area contributed by atoms with Crippen molar-refractivity contribution < 1.29 is 4.79 Å². The molecule has 3 rings (SSSR count). The van der Waals surface area contributed by atoms with E-state index in [9.17, 15) is 4.79 Å². The third-order valence-corrected chi connectivity index (χ3v) is 4.67. The van der Waals surface area contributed by atoms with Gasteiger partial charge in [0.15, 0.2) is 0 Å². The number of nitrogens with one attached hydrogen (secondary N) is 2. The van der Waals surface area contributed by atoms with Gasteiger partial charge in [0, 0.05) is 38.2 Å². The standard InChI is InChI=1S/C17H27N5O/c1-2-18-15-11-16(20-12-19-15)22-9-7-13(8-10-22)3-6-17(23)21-14-4-5-14/h11-14H,2-10H2,1H3,(H,21,23)(H,18,19,20). The first kappa shape index (κ1) is 16.0. The van der Waals surface area contributed by atoms with Crippen LogP contribution in [0, 0.1) is 5.92 Å². The lowest BCUT2D eigenvalue weighted by Crippen LogP contribution is -2.35. The van der Waals surface area contributed by atoms with E-state index in [1.165, 1.54) is 0 Å². The Hall–Kier alpha value is -1.85. The summed E-state index contributed by atoms with van der Waals surface area (Å²) in [5.41, 5.74) is 0. The molecule has 0 radical (unpaired) electrons. The van der Waals surface area contributed by atoms with Gasteiger partial charge in [0.2, 0.25) is 5.91 Å². The number of nitrogens with zero attached hydrogens (tertiary/aromatic N) is 3. The maximum atomic E-state index is 11.8. The maximum Gasteiger partial charge on any atom is 0.220 e. The van der Waals surface area contributed by atoms with E-state index < -0.39 is 0 Å².